The van der Waals surface area contributed by atoms with E-state index in [-0.39, 0.29) is 25.1 Å². The fourth-order valence-corrected chi connectivity index (χ4v) is 2.15. The predicted molar refractivity (Wildman–Crippen MR) is 87.1 cm³/mol. The molecule has 0 unspecified atom stereocenters. The topological polar surface area (TPSA) is 76.4 Å². The molecule has 0 fully saturated rings. The van der Waals surface area contributed by atoms with Crippen LogP contribution in [-0.2, 0) is 11.3 Å². The third-order valence-electron chi connectivity index (χ3n) is 3.18. The van der Waals surface area contributed by atoms with Gasteiger partial charge in [0.05, 0.1) is 18.4 Å². The molecule has 2 aromatic rings. The van der Waals surface area contributed by atoms with Gasteiger partial charge in [-0.2, -0.15) is 5.10 Å². The lowest BCUT2D eigenvalue weighted by Gasteiger charge is -2.15. The second-order valence-electron chi connectivity index (χ2n) is 5.77. The Bertz CT molecular complexity index is 652. The molecule has 0 spiro atoms. The number of carbonyl (C=O) groups is 1. The van der Waals surface area contributed by atoms with Crippen LogP contribution in [0.1, 0.15) is 31.1 Å². The summed E-state index contributed by atoms with van der Waals surface area (Å²) in [7, 11) is 0. The molecule has 2 N–H and O–H groups in total. The van der Waals surface area contributed by atoms with Crippen molar-refractivity contribution in [2.24, 2.45) is 0 Å². The second-order valence-corrected chi connectivity index (χ2v) is 5.77. The first-order valence-corrected chi connectivity index (χ1v) is 7.64. The number of aliphatic hydroxyl groups excluding tert-OH is 1. The average Bonchev–Trinajstić information content (AvgIpc) is 2.89. The molecule has 2 rings (SSSR count). The van der Waals surface area contributed by atoms with E-state index in [1.807, 2.05) is 32.9 Å². The molecule has 1 aromatic heterocycles. The minimum absolute atomic E-state index is 0.0691. The first-order valence-electron chi connectivity index (χ1n) is 7.64. The number of rotatable bonds is 7. The summed E-state index contributed by atoms with van der Waals surface area (Å²) in [6, 6.07) is 7.26. The SMILES string of the molecule is Cc1cnn(CC(=O)NC[C@H](O)c2cccc(OC(C)C)c2)c1. The van der Waals surface area contributed by atoms with Gasteiger partial charge in [-0.15, -0.1) is 0 Å². The molecular formula is C17H23N3O3. The zero-order valence-electron chi connectivity index (χ0n) is 13.7. The van der Waals surface area contributed by atoms with Gasteiger partial charge < -0.3 is 15.2 Å². The second kappa shape index (κ2) is 7.78. The van der Waals surface area contributed by atoms with E-state index in [9.17, 15) is 9.90 Å². The Kier molecular flexibility index (Phi) is 5.76. The molecule has 0 saturated carbocycles. The Morgan fingerprint density at radius 2 is 2.22 bits per heavy atom. The van der Waals surface area contributed by atoms with E-state index >= 15 is 0 Å². The lowest BCUT2D eigenvalue weighted by atomic mass is 10.1. The van der Waals surface area contributed by atoms with Crippen molar-refractivity contribution < 1.29 is 14.6 Å². The van der Waals surface area contributed by atoms with Crippen molar-refractivity contribution in [1.82, 2.24) is 15.1 Å². The summed E-state index contributed by atoms with van der Waals surface area (Å²) in [4.78, 5) is 11.9. The number of aliphatic hydroxyl groups is 1. The Hall–Kier alpha value is -2.34. The van der Waals surface area contributed by atoms with Gasteiger partial charge in [0, 0.05) is 12.7 Å². The summed E-state index contributed by atoms with van der Waals surface area (Å²) in [6.07, 6.45) is 2.78. The monoisotopic (exact) mass is 317 g/mol. The van der Waals surface area contributed by atoms with E-state index in [0.717, 1.165) is 5.56 Å². The molecule has 0 saturated heterocycles. The van der Waals surface area contributed by atoms with Gasteiger partial charge in [-0.3, -0.25) is 9.48 Å². The van der Waals surface area contributed by atoms with Crippen LogP contribution in [-0.4, -0.2) is 33.4 Å². The van der Waals surface area contributed by atoms with Crippen molar-refractivity contribution >= 4 is 5.91 Å². The van der Waals surface area contributed by atoms with Crippen molar-refractivity contribution in [2.75, 3.05) is 6.54 Å². The number of aromatic nitrogens is 2. The van der Waals surface area contributed by atoms with Gasteiger partial charge in [0.25, 0.3) is 0 Å². The Balaban J connectivity index is 1.86. The first kappa shape index (κ1) is 17.0. The molecule has 23 heavy (non-hydrogen) atoms. The van der Waals surface area contributed by atoms with Crippen LogP contribution in [0.2, 0.25) is 0 Å². The van der Waals surface area contributed by atoms with Crippen LogP contribution in [0.25, 0.3) is 0 Å². The van der Waals surface area contributed by atoms with Crippen LogP contribution in [0.4, 0.5) is 0 Å². The molecule has 1 aromatic carbocycles. The van der Waals surface area contributed by atoms with Crippen molar-refractivity contribution in [2.45, 2.75) is 39.5 Å². The van der Waals surface area contributed by atoms with Crippen LogP contribution >= 0.6 is 0 Å². The minimum Gasteiger partial charge on any atom is -0.491 e. The Morgan fingerprint density at radius 3 is 2.87 bits per heavy atom. The van der Waals surface area contributed by atoms with Crippen molar-refractivity contribution in [3.8, 4) is 5.75 Å². The van der Waals surface area contributed by atoms with Crippen molar-refractivity contribution in [3.63, 3.8) is 0 Å². The van der Waals surface area contributed by atoms with Gasteiger partial charge in [0.2, 0.25) is 5.91 Å². The average molecular weight is 317 g/mol. The highest BCUT2D eigenvalue weighted by molar-refractivity contribution is 5.75. The standard InChI is InChI=1S/C17H23N3O3/c1-12(2)23-15-6-4-5-14(7-15)16(21)9-18-17(22)11-20-10-13(3)8-19-20/h4-8,10,12,16,21H,9,11H2,1-3H3,(H,18,22)/t16-/m0/s1. The number of nitrogens with one attached hydrogen (secondary N) is 1. The lowest BCUT2D eigenvalue weighted by Crippen LogP contribution is -2.31. The number of aryl methyl sites for hydroxylation is 1. The molecule has 0 aliphatic rings. The minimum atomic E-state index is -0.783. The largest absolute Gasteiger partial charge is 0.491 e. The van der Waals surface area contributed by atoms with Gasteiger partial charge in [-0.25, -0.2) is 0 Å². The number of carbonyl (C=O) groups excluding carboxylic acids is 1. The molecule has 0 radical (unpaired) electrons. The molecule has 6 nitrogen and oxygen atoms in total. The molecule has 0 aliphatic heterocycles. The summed E-state index contributed by atoms with van der Waals surface area (Å²) in [5.74, 6) is 0.511. The highest BCUT2D eigenvalue weighted by Gasteiger charge is 2.11. The third-order valence-corrected chi connectivity index (χ3v) is 3.18. The van der Waals surface area contributed by atoms with Gasteiger partial charge in [-0.1, -0.05) is 12.1 Å². The van der Waals surface area contributed by atoms with Crippen LogP contribution in [0.15, 0.2) is 36.7 Å². The van der Waals surface area contributed by atoms with E-state index in [4.69, 9.17) is 4.74 Å². The maximum absolute atomic E-state index is 11.9. The van der Waals surface area contributed by atoms with Crippen LogP contribution < -0.4 is 10.1 Å². The number of amides is 1. The van der Waals surface area contributed by atoms with E-state index in [0.29, 0.717) is 11.3 Å². The molecule has 6 heteroatoms. The number of hydrogen-bond acceptors (Lipinski definition) is 4. The van der Waals surface area contributed by atoms with Gasteiger partial charge in [0.15, 0.2) is 0 Å². The number of nitrogens with zero attached hydrogens (tertiary/aromatic N) is 2. The van der Waals surface area contributed by atoms with Crippen molar-refractivity contribution in [1.29, 1.82) is 0 Å². The zero-order chi connectivity index (χ0) is 16.8. The van der Waals surface area contributed by atoms with Crippen LogP contribution in [0, 0.1) is 6.92 Å². The third kappa shape index (κ3) is 5.41. The van der Waals surface area contributed by atoms with E-state index in [1.165, 1.54) is 0 Å². The number of ether oxygens (including phenoxy) is 1. The predicted octanol–water partition coefficient (Wildman–Crippen LogP) is 1.83. The molecule has 0 aliphatic carbocycles. The Morgan fingerprint density at radius 1 is 1.43 bits per heavy atom. The first-order chi connectivity index (χ1) is 10.9. The van der Waals surface area contributed by atoms with E-state index in [2.05, 4.69) is 10.4 Å². The fourth-order valence-electron chi connectivity index (χ4n) is 2.15. The summed E-state index contributed by atoms with van der Waals surface area (Å²) in [5.41, 5.74) is 1.71. The summed E-state index contributed by atoms with van der Waals surface area (Å²) in [6.45, 7) is 6.08. The summed E-state index contributed by atoms with van der Waals surface area (Å²) < 4.78 is 7.17. The molecule has 1 heterocycles. The molecular weight excluding hydrogens is 294 g/mol. The highest BCUT2D eigenvalue weighted by atomic mass is 16.5. The highest BCUT2D eigenvalue weighted by Crippen LogP contribution is 2.19. The summed E-state index contributed by atoms with van der Waals surface area (Å²) in [5, 5.41) is 17.0. The maximum atomic E-state index is 11.9. The van der Waals surface area contributed by atoms with Gasteiger partial charge in [0.1, 0.15) is 12.3 Å². The summed E-state index contributed by atoms with van der Waals surface area (Å²) >= 11 is 0. The van der Waals surface area contributed by atoms with Crippen molar-refractivity contribution in [3.05, 3.63) is 47.8 Å². The zero-order valence-corrected chi connectivity index (χ0v) is 13.7. The molecule has 1 amide bonds. The molecule has 0 bridgehead atoms. The normalized spacial score (nSPS) is 12.2. The maximum Gasteiger partial charge on any atom is 0.241 e. The van der Waals surface area contributed by atoms with Crippen LogP contribution in [0.5, 0.6) is 5.75 Å². The van der Waals surface area contributed by atoms with Gasteiger partial charge >= 0.3 is 0 Å². The smallest absolute Gasteiger partial charge is 0.241 e. The lowest BCUT2D eigenvalue weighted by molar-refractivity contribution is -0.122. The van der Waals surface area contributed by atoms with Gasteiger partial charge in [-0.05, 0) is 44.0 Å². The molecule has 124 valence electrons. The number of hydrogen-bond donors (Lipinski definition) is 2. The Labute approximate surface area is 136 Å². The molecule has 1 atom stereocenters. The van der Waals surface area contributed by atoms with Crippen LogP contribution in [0.3, 0.4) is 0 Å². The quantitative estimate of drug-likeness (QED) is 0.817. The fraction of sp³-hybridized carbons (Fsp3) is 0.412. The van der Waals surface area contributed by atoms with E-state index in [1.54, 1.807) is 29.2 Å². The van der Waals surface area contributed by atoms with E-state index < -0.39 is 6.10 Å². The number of benzene rings is 1.